The van der Waals surface area contributed by atoms with Gasteiger partial charge in [-0.15, -0.1) is 11.3 Å². The molecule has 0 bridgehead atoms. The Bertz CT molecular complexity index is 844. The van der Waals surface area contributed by atoms with Crippen LogP contribution >= 0.6 is 27.3 Å². The summed E-state index contributed by atoms with van der Waals surface area (Å²) in [4.78, 5) is 17.0. The van der Waals surface area contributed by atoms with Gasteiger partial charge in [-0.05, 0) is 40.2 Å². The standard InChI is InChI=1S/C15H10BrNO3S/c1-20-9-2-3-10-11(15(18)19)6-13(17-12(10)5-9)14-4-8(16)7-21-14/h2-7H,1H3,(H,18,19). The van der Waals surface area contributed by atoms with Crippen LogP contribution in [0.1, 0.15) is 10.4 Å². The van der Waals surface area contributed by atoms with Crippen molar-refractivity contribution in [2.45, 2.75) is 0 Å². The maximum atomic E-state index is 11.5. The lowest BCUT2D eigenvalue weighted by atomic mass is 10.1. The number of carboxylic acids is 1. The molecule has 0 aliphatic carbocycles. The highest BCUT2D eigenvalue weighted by Gasteiger charge is 2.14. The maximum Gasteiger partial charge on any atom is 0.336 e. The second-order valence-corrected chi connectivity index (χ2v) is 6.20. The van der Waals surface area contributed by atoms with Gasteiger partial charge in [0.15, 0.2) is 0 Å². The molecule has 0 atom stereocenters. The van der Waals surface area contributed by atoms with Crippen LogP contribution in [0.5, 0.6) is 5.75 Å². The third-order valence-corrected chi connectivity index (χ3v) is 4.78. The fourth-order valence-corrected chi connectivity index (χ4v) is 3.47. The molecule has 0 saturated heterocycles. The number of benzene rings is 1. The molecule has 0 unspecified atom stereocenters. The summed E-state index contributed by atoms with van der Waals surface area (Å²) in [6.45, 7) is 0. The Kier molecular flexibility index (Phi) is 3.65. The van der Waals surface area contributed by atoms with E-state index in [4.69, 9.17) is 4.74 Å². The van der Waals surface area contributed by atoms with Crippen molar-refractivity contribution < 1.29 is 14.6 Å². The Morgan fingerprint density at radius 2 is 2.14 bits per heavy atom. The van der Waals surface area contributed by atoms with Crippen molar-refractivity contribution in [3.05, 3.63) is 45.7 Å². The van der Waals surface area contributed by atoms with Crippen molar-refractivity contribution in [1.29, 1.82) is 0 Å². The molecule has 21 heavy (non-hydrogen) atoms. The normalized spacial score (nSPS) is 10.8. The Morgan fingerprint density at radius 3 is 2.76 bits per heavy atom. The summed E-state index contributed by atoms with van der Waals surface area (Å²) < 4.78 is 6.13. The van der Waals surface area contributed by atoms with Crippen molar-refractivity contribution in [3.63, 3.8) is 0 Å². The van der Waals surface area contributed by atoms with Gasteiger partial charge in [-0.1, -0.05) is 0 Å². The number of carbonyl (C=O) groups is 1. The molecular weight excluding hydrogens is 354 g/mol. The number of aromatic nitrogens is 1. The second-order valence-electron chi connectivity index (χ2n) is 4.37. The number of thiophene rings is 1. The highest BCUT2D eigenvalue weighted by atomic mass is 79.9. The minimum absolute atomic E-state index is 0.238. The van der Waals surface area contributed by atoms with Gasteiger partial charge in [0.05, 0.1) is 28.8 Å². The largest absolute Gasteiger partial charge is 0.497 e. The topological polar surface area (TPSA) is 59.4 Å². The van der Waals surface area contributed by atoms with Crippen LogP contribution in [0.15, 0.2) is 40.2 Å². The Balaban J connectivity index is 2.29. The zero-order valence-electron chi connectivity index (χ0n) is 11.0. The van der Waals surface area contributed by atoms with Crippen molar-refractivity contribution in [2.75, 3.05) is 7.11 Å². The average molecular weight is 364 g/mol. The third-order valence-electron chi connectivity index (χ3n) is 3.07. The summed E-state index contributed by atoms with van der Waals surface area (Å²) >= 11 is 4.90. The molecule has 6 heteroatoms. The highest BCUT2D eigenvalue weighted by molar-refractivity contribution is 9.10. The number of fused-ring (bicyclic) bond motifs is 1. The van der Waals surface area contributed by atoms with Crippen molar-refractivity contribution >= 4 is 44.1 Å². The molecule has 0 amide bonds. The molecule has 3 rings (SSSR count). The van der Waals surface area contributed by atoms with Crippen LogP contribution in [-0.2, 0) is 0 Å². The molecule has 1 N–H and O–H groups in total. The van der Waals surface area contributed by atoms with Gasteiger partial charge in [-0.25, -0.2) is 9.78 Å². The monoisotopic (exact) mass is 363 g/mol. The van der Waals surface area contributed by atoms with E-state index in [1.807, 2.05) is 11.4 Å². The number of pyridine rings is 1. The predicted molar refractivity (Wildman–Crippen MR) is 86.3 cm³/mol. The van der Waals surface area contributed by atoms with E-state index in [0.717, 1.165) is 9.35 Å². The fraction of sp³-hybridized carbons (Fsp3) is 0.0667. The van der Waals surface area contributed by atoms with Crippen LogP contribution < -0.4 is 4.74 Å². The maximum absolute atomic E-state index is 11.5. The number of hydrogen-bond acceptors (Lipinski definition) is 4. The summed E-state index contributed by atoms with van der Waals surface area (Å²) in [5, 5.41) is 12.0. The minimum atomic E-state index is -0.968. The highest BCUT2D eigenvalue weighted by Crippen LogP contribution is 2.32. The summed E-state index contributed by atoms with van der Waals surface area (Å²) in [6, 6.07) is 8.73. The van der Waals surface area contributed by atoms with E-state index in [2.05, 4.69) is 20.9 Å². The SMILES string of the molecule is COc1ccc2c(C(=O)O)cc(-c3cc(Br)cs3)nc2c1. The van der Waals surface area contributed by atoms with Crippen molar-refractivity contribution in [3.8, 4) is 16.3 Å². The van der Waals surface area contributed by atoms with Gasteiger partial charge in [-0.2, -0.15) is 0 Å². The molecule has 0 radical (unpaired) electrons. The van der Waals surface area contributed by atoms with Gasteiger partial charge in [0.25, 0.3) is 0 Å². The smallest absolute Gasteiger partial charge is 0.336 e. The number of halogens is 1. The van der Waals surface area contributed by atoms with Crippen LogP contribution in [0, 0.1) is 0 Å². The first-order valence-electron chi connectivity index (χ1n) is 6.05. The molecule has 2 heterocycles. The van der Waals surface area contributed by atoms with Gasteiger partial charge in [0.1, 0.15) is 5.75 Å². The number of carboxylic acid groups (broad SMARTS) is 1. The zero-order chi connectivity index (χ0) is 15.0. The van der Waals surface area contributed by atoms with Crippen LogP contribution in [-0.4, -0.2) is 23.2 Å². The third kappa shape index (κ3) is 2.64. The molecule has 0 spiro atoms. The van der Waals surface area contributed by atoms with E-state index >= 15 is 0 Å². The predicted octanol–water partition coefficient (Wildman–Crippen LogP) is 4.43. The molecule has 0 aliphatic rings. The first kappa shape index (κ1) is 14.0. The van der Waals surface area contributed by atoms with Crippen LogP contribution in [0.2, 0.25) is 0 Å². The Morgan fingerprint density at radius 1 is 1.33 bits per heavy atom. The summed E-state index contributed by atoms with van der Waals surface area (Å²) in [6.07, 6.45) is 0. The summed E-state index contributed by atoms with van der Waals surface area (Å²) in [5.41, 5.74) is 1.49. The van der Waals surface area contributed by atoms with E-state index in [1.165, 1.54) is 11.3 Å². The number of aromatic carboxylic acids is 1. The van der Waals surface area contributed by atoms with Crippen molar-refractivity contribution in [1.82, 2.24) is 4.98 Å². The van der Waals surface area contributed by atoms with E-state index in [0.29, 0.717) is 22.3 Å². The molecule has 1 aromatic carbocycles. The Hall–Kier alpha value is -1.92. The van der Waals surface area contributed by atoms with Crippen LogP contribution in [0.4, 0.5) is 0 Å². The number of nitrogens with zero attached hydrogens (tertiary/aromatic N) is 1. The van der Waals surface area contributed by atoms with Gasteiger partial charge in [0, 0.05) is 21.3 Å². The number of rotatable bonds is 3. The van der Waals surface area contributed by atoms with Gasteiger partial charge in [-0.3, -0.25) is 0 Å². The number of methoxy groups -OCH3 is 1. The second kappa shape index (κ2) is 5.46. The molecular formula is C15H10BrNO3S. The fourth-order valence-electron chi connectivity index (χ4n) is 2.09. The van der Waals surface area contributed by atoms with Gasteiger partial charge >= 0.3 is 5.97 Å². The van der Waals surface area contributed by atoms with E-state index in [-0.39, 0.29) is 5.56 Å². The average Bonchev–Trinajstić information content (AvgIpc) is 2.91. The number of hydrogen-bond donors (Lipinski definition) is 1. The lowest BCUT2D eigenvalue weighted by Gasteiger charge is -2.07. The number of ether oxygens (including phenoxy) is 1. The molecule has 106 valence electrons. The van der Waals surface area contributed by atoms with E-state index in [1.54, 1.807) is 31.4 Å². The first-order valence-corrected chi connectivity index (χ1v) is 7.72. The van der Waals surface area contributed by atoms with Crippen molar-refractivity contribution in [2.24, 2.45) is 0 Å². The van der Waals surface area contributed by atoms with Gasteiger partial charge in [0.2, 0.25) is 0 Å². The molecule has 4 nitrogen and oxygen atoms in total. The zero-order valence-corrected chi connectivity index (χ0v) is 13.4. The summed E-state index contributed by atoms with van der Waals surface area (Å²) in [7, 11) is 1.57. The Labute approximate surface area is 133 Å². The van der Waals surface area contributed by atoms with Crippen LogP contribution in [0.25, 0.3) is 21.5 Å². The summed E-state index contributed by atoms with van der Waals surface area (Å²) in [5.74, 6) is -0.319. The van der Waals surface area contributed by atoms with E-state index in [9.17, 15) is 9.90 Å². The van der Waals surface area contributed by atoms with Gasteiger partial charge < -0.3 is 9.84 Å². The van der Waals surface area contributed by atoms with E-state index < -0.39 is 5.97 Å². The first-order chi connectivity index (χ1) is 10.1. The quantitative estimate of drug-likeness (QED) is 0.747. The molecule has 3 aromatic rings. The minimum Gasteiger partial charge on any atom is -0.497 e. The molecule has 0 saturated carbocycles. The van der Waals surface area contributed by atoms with Crippen LogP contribution in [0.3, 0.4) is 0 Å². The lowest BCUT2D eigenvalue weighted by Crippen LogP contribution is -2.00. The molecule has 0 aliphatic heterocycles. The lowest BCUT2D eigenvalue weighted by molar-refractivity contribution is 0.0699. The molecule has 2 aromatic heterocycles. The molecule has 0 fully saturated rings.